The third-order valence-corrected chi connectivity index (χ3v) is 4.85. The minimum atomic E-state index is -0.568. The number of esters is 2. The molecule has 0 radical (unpaired) electrons. The van der Waals surface area contributed by atoms with Gasteiger partial charge in [0.25, 0.3) is 0 Å². The zero-order chi connectivity index (χ0) is 24.9. The van der Waals surface area contributed by atoms with Crippen molar-refractivity contribution >= 4 is 18.0 Å². The van der Waals surface area contributed by atoms with E-state index in [1.54, 1.807) is 42.5 Å². The molecule has 2 aromatic carbocycles. The summed E-state index contributed by atoms with van der Waals surface area (Å²) in [4.78, 5) is 24.2. The summed E-state index contributed by atoms with van der Waals surface area (Å²) in [6.07, 6.45) is 4.14. The average Bonchev–Trinajstić information content (AvgIpc) is 3.70. The molecular formula is C26H27NO8. The van der Waals surface area contributed by atoms with Crippen LogP contribution in [0, 0.1) is 11.3 Å². The van der Waals surface area contributed by atoms with Crippen LogP contribution in [0.4, 0.5) is 0 Å². The standard InChI is InChI=1S/C26H27NO8/c1-30-24-17-22(9-3-19(24)6-10-25(28)33-13-2-12-27)35-26(29)20-4-7-21(8-5-20)32-16-15-31-14-11-23-18-34-23/h3-10,17,23H,2,11,13-16,18H2,1H3/b10-6+. The highest BCUT2D eigenvalue weighted by Gasteiger charge is 2.21. The molecule has 0 aliphatic carbocycles. The van der Waals surface area contributed by atoms with Gasteiger partial charge in [-0.3, -0.25) is 0 Å². The summed E-state index contributed by atoms with van der Waals surface area (Å²) < 4.78 is 31.9. The first-order chi connectivity index (χ1) is 17.1. The Bertz CT molecular complexity index is 1050. The number of carbonyl (C=O) groups is 2. The summed E-state index contributed by atoms with van der Waals surface area (Å²) >= 11 is 0. The number of hydrogen-bond acceptors (Lipinski definition) is 9. The van der Waals surface area contributed by atoms with Gasteiger partial charge in [0.1, 0.15) is 30.5 Å². The fourth-order valence-electron chi connectivity index (χ4n) is 2.92. The molecule has 1 saturated heterocycles. The van der Waals surface area contributed by atoms with Gasteiger partial charge in [0, 0.05) is 24.3 Å². The van der Waals surface area contributed by atoms with E-state index >= 15 is 0 Å². The first kappa shape index (κ1) is 25.7. The highest BCUT2D eigenvalue weighted by atomic mass is 16.6. The molecule has 1 aliphatic heterocycles. The highest BCUT2D eigenvalue weighted by molar-refractivity contribution is 5.91. The van der Waals surface area contributed by atoms with Crippen molar-refractivity contribution in [2.75, 3.05) is 40.1 Å². The molecular weight excluding hydrogens is 454 g/mol. The molecule has 1 fully saturated rings. The monoisotopic (exact) mass is 481 g/mol. The van der Waals surface area contributed by atoms with E-state index in [1.807, 2.05) is 6.07 Å². The number of benzene rings is 2. The molecule has 184 valence electrons. The maximum atomic E-state index is 12.5. The quantitative estimate of drug-likeness (QED) is 0.131. The van der Waals surface area contributed by atoms with E-state index in [2.05, 4.69) is 0 Å². The fourth-order valence-corrected chi connectivity index (χ4v) is 2.92. The van der Waals surface area contributed by atoms with Crippen molar-refractivity contribution in [2.24, 2.45) is 0 Å². The number of hydrogen-bond donors (Lipinski definition) is 0. The lowest BCUT2D eigenvalue weighted by Crippen LogP contribution is -2.10. The second kappa shape index (κ2) is 13.7. The van der Waals surface area contributed by atoms with E-state index in [1.165, 1.54) is 19.3 Å². The van der Waals surface area contributed by atoms with E-state index < -0.39 is 11.9 Å². The summed E-state index contributed by atoms with van der Waals surface area (Å²) in [5, 5.41) is 8.47. The number of nitriles is 1. The van der Waals surface area contributed by atoms with Crippen LogP contribution in [0.2, 0.25) is 0 Å². The second-order valence-corrected chi connectivity index (χ2v) is 7.43. The Kier molecular flexibility index (Phi) is 10.1. The average molecular weight is 482 g/mol. The van der Waals surface area contributed by atoms with Crippen LogP contribution >= 0.6 is 0 Å². The lowest BCUT2D eigenvalue weighted by atomic mass is 10.1. The van der Waals surface area contributed by atoms with E-state index in [0.717, 1.165) is 13.0 Å². The van der Waals surface area contributed by atoms with Crippen molar-refractivity contribution in [3.63, 3.8) is 0 Å². The van der Waals surface area contributed by atoms with Gasteiger partial charge in [0.2, 0.25) is 0 Å². The van der Waals surface area contributed by atoms with Crippen molar-refractivity contribution in [1.29, 1.82) is 5.26 Å². The van der Waals surface area contributed by atoms with Crippen molar-refractivity contribution in [2.45, 2.75) is 18.9 Å². The van der Waals surface area contributed by atoms with Crippen LogP contribution in [-0.2, 0) is 19.0 Å². The van der Waals surface area contributed by atoms with Gasteiger partial charge in [0.15, 0.2) is 0 Å². The Morgan fingerprint density at radius 2 is 1.86 bits per heavy atom. The fraction of sp³-hybridized carbons (Fsp3) is 0.346. The zero-order valence-electron chi connectivity index (χ0n) is 19.4. The van der Waals surface area contributed by atoms with Crippen LogP contribution < -0.4 is 14.2 Å². The predicted molar refractivity (Wildman–Crippen MR) is 125 cm³/mol. The molecule has 0 aromatic heterocycles. The molecule has 2 aromatic rings. The van der Waals surface area contributed by atoms with Crippen LogP contribution in [0.5, 0.6) is 17.2 Å². The molecule has 0 spiro atoms. The number of nitrogens with zero attached hydrogens (tertiary/aromatic N) is 1. The molecule has 35 heavy (non-hydrogen) atoms. The number of epoxide rings is 1. The molecule has 0 amide bonds. The first-order valence-electron chi connectivity index (χ1n) is 11.1. The summed E-state index contributed by atoms with van der Waals surface area (Å²) in [5.41, 5.74) is 0.956. The Morgan fingerprint density at radius 3 is 2.57 bits per heavy atom. The summed E-state index contributed by atoms with van der Waals surface area (Å²) in [7, 11) is 1.47. The van der Waals surface area contributed by atoms with Crippen molar-refractivity contribution < 1.29 is 38.0 Å². The van der Waals surface area contributed by atoms with E-state index in [0.29, 0.717) is 48.6 Å². The van der Waals surface area contributed by atoms with Gasteiger partial charge in [-0.1, -0.05) is 0 Å². The number of carbonyl (C=O) groups excluding carboxylic acids is 2. The molecule has 1 aliphatic rings. The van der Waals surface area contributed by atoms with Crippen molar-refractivity contribution in [3.8, 4) is 23.3 Å². The summed E-state index contributed by atoms with van der Waals surface area (Å²) in [6, 6.07) is 13.3. The maximum Gasteiger partial charge on any atom is 0.343 e. The van der Waals surface area contributed by atoms with Crippen molar-refractivity contribution in [3.05, 3.63) is 59.7 Å². The number of rotatable bonds is 14. The number of methoxy groups -OCH3 is 1. The highest BCUT2D eigenvalue weighted by Crippen LogP contribution is 2.26. The van der Waals surface area contributed by atoms with E-state index in [9.17, 15) is 9.59 Å². The van der Waals surface area contributed by atoms with Crippen LogP contribution in [-0.4, -0.2) is 58.2 Å². The molecule has 3 rings (SSSR count). The Labute approximate surface area is 203 Å². The lowest BCUT2D eigenvalue weighted by molar-refractivity contribution is -0.137. The number of ether oxygens (including phenoxy) is 6. The van der Waals surface area contributed by atoms with Crippen molar-refractivity contribution in [1.82, 2.24) is 0 Å². The zero-order valence-corrected chi connectivity index (χ0v) is 19.4. The minimum Gasteiger partial charge on any atom is -0.496 e. The lowest BCUT2D eigenvalue weighted by Gasteiger charge is -2.10. The Balaban J connectivity index is 1.47. The van der Waals surface area contributed by atoms with Gasteiger partial charge >= 0.3 is 11.9 Å². The second-order valence-electron chi connectivity index (χ2n) is 7.43. The molecule has 1 heterocycles. The predicted octanol–water partition coefficient (Wildman–Crippen LogP) is 3.57. The van der Waals surface area contributed by atoms with Gasteiger partial charge in [0.05, 0.1) is 44.5 Å². The summed E-state index contributed by atoms with van der Waals surface area (Å²) in [5.74, 6) is 0.219. The maximum absolute atomic E-state index is 12.5. The van der Waals surface area contributed by atoms with Crippen LogP contribution in [0.25, 0.3) is 6.08 Å². The van der Waals surface area contributed by atoms with Gasteiger partial charge in [-0.05, 0) is 48.9 Å². The molecule has 0 N–H and O–H groups in total. The summed E-state index contributed by atoms with van der Waals surface area (Å²) in [6.45, 7) is 2.40. The molecule has 0 bridgehead atoms. The molecule has 9 nitrogen and oxygen atoms in total. The van der Waals surface area contributed by atoms with Gasteiger partial charge in [-0.2, -0.15) is 5.26 Å². The SMILES string of the molecule is COc1cc(OC(=O)c2ccc(OCCOCCC3CO3)cc2)ccc1/C=C/C(=O)OCCC#N. The van der Waals surface area contributed by atoms with Gasteiger partial charge in [-0.25, -0.2) is 9.59 Å². The largest absolute Gasteiger partial charge is 0.496 e. The topological polar surface area (TPSA) is 117 Å². The Hall–Kier alpha value is -3.87. The van der Waals surface area contributed by atoms with Gasteiger partial charge in [-0.15, -0.1) is 0 Å². The van der Waals surface area contributed by atoms with Crippen LogP contribution in [0.15, 0.2) is 48.5 Å². The third-order valence-electron chi connectivity index (χ3n) is 4.85. The van der Waals surface area contributed by atoms with Gasteiger partial charge < -0.3 is 28.4 Å². The van der Waals surface area contributed by atoms with E-state index in [-0.39, 0.29) is 18.8 Å². The van der Waals surface area contributed by atoms with Crippen LogP contribution in [0.1, 0.15) is 28.8 Å². The van der Waals surface area contributed by atoms with Crippen LogP contribution in [0.3, 0.4) is 0 Å². The normalized spacial score (nSPS) is 14.2. The van der Waals surface area contributed by atoms with E-state index in [4.69, 9.17) is 33.7 Å². The smallest absolute Gasteiger partial charge is 0.343 e. The molecule has 1 unspecified atom stereocenters. The molecule has 0 saturated carbocycles. The molecule has 1 atom stereocenters. The molecule has 9 heteroatoms. The Morgan fingerprint density at radius 1 is 1.09 bits per heavy atom. The first-order valence-corrected chi connectivity index (χ1v) is 11.1. The third kappa shape index (κ3) is 9.12. The minimum absolute atomic E-state index is 0.0315.